The van der Waals surface area contributed by atoms with Gasteiger partial charge in [-0.25, -0.2) is 0 Å². The molecular formula is C22H24N2O5. The molecule has 1 aliphatic heterocycles. The highest BCUT2D eigenvalue weighted by Gasteiger charge is 2.17. The second kappa shape index (κ2) is 9.14. The van der Waals surface area contributed by atoms with Gasteiger partial charge in [-0.2, -0.15) is 0 Å². The smallest absolute Gasteiger partial charge is 0.251 e. The van der Waals surface area contributed by atoms with E-state index in [1.165, 1.54) is 6.08 Å². The molecule has 2 amide bonds. The Morgan fingerprint density at radius 2 is 1.83 bits per heavy atom. The number of nitrogens with one attached hydrogen (secondary N) is 2. The van der Waals surface area contributed by atoms with Crippen molar-refractivity contribution in [2.45, 2.75) is 19.9 Å². The van der Waals surface area contributed by atoms with E-state index in [0.29, 0.717) is 41.7 Å². The van der Waals surface area contributed by atoms with Crippen LogP contribution in [0.5, 0.6) is 17.2 Å². The maximum absolute atomic E-state index is 12.2. The van der Waals surface area contributed by atoms with Crippen LogP contribution in [0.15, 0.2) is 42.5 Å². The molecule has 2 N–H and O–H groups in total. The van der Waals surface area contributed by atoms with Gasteiger partial charge in [0.1, 0.15) is 13.2 Å². The highest BCUT2D eigenvalue weighted by molar-refractivity contribution is 6.02. The first kappa shape index (κ1) is 20.3. The van der Waals surface area contributed by atoms with E-state index in [-0.39, 0.29) is 17.9 Å². The van der Waals surface area contributed by atoms with Crippen molar-refractivity contribution in [3.8, 4) is 17.2 Å². The maximum Gasteiger partial charge on any atom is 0.251 e. The summed E-state index contributed by atoms with van der Waals surface area (Å²) in [7, 11) is 1.55. The Morgan fingerprint density at radius 1 is 1.10 bits per heavy atom. The summed E-state index contributed by atoms with van der Waals surface area (Å²) in [6.45, 7) is 4.74. The molecule has 1 aliphatic rings. The number of hydrogen-bond donors (Lipinski definition) is 2. The fourth-order valence-corrected chi connectivity index (χ4v) is 2.80. The predicted octanol–water partition coefficient (Wildman–Crippen LogP) is 3.26. The van der Waals surface area contributed by atoms with Crippen LogP contribution in [-0.4, -0.2) is 38.2 Å². The van der Waals surface area contributed by atoms with E-state index in [0.717, 1.165) is 5.56 Å². The first-order valence-corrected chi connectivity index (χ1v) is 9.34. The van der Waals surface area contributed by atoms with Gasteiger partial charge in [0, 0.05) is 23.4 Å². The number of ether oxygens (including phenoxy) is 3. The summed E-state index contributed by atoms with van der Waals surface area (Å²) in [5, 5.41) is 5.59. The van der Waals surface area contributed by atoms with Gasteiger partial charge in [-0.3, -0.25) is 9.59 Å². The fraction of sp³-hybridized carbons (Fsp3) is 0.273. The molecule has 0 atom stereocenters. The molecule has 0 aliphatic carbocycles. The maximum atomic E-state index is 12.2. The van der Waals surface area contributed by atoms with E-state index in [1.54, 1.807) is 49.6 Å². The highest BCUT2D eigenvalue weighted by Crippen LogP contribution is 2.40. The lowest BCUT2D eigenvalue weighted by atomic mass is 10.1. The molecule has 0 spiro atoms. The average Bonchev–Trinajstić information content (AvgIpc) is 2.71. The standard InChI is InChI=1S/C22H24N2O5/c1-14(2)23-22(26)16-5-7-17(8-6-16)24-20(25)9-4-15-12-18(27-3)21-19(13-15)28-10-11-29-21/h4-9,12-14H,10-11H2,1-3H3,(H,23,26)(H,24,25). The van der Waals surface area contributed by atoms with Crippen LogP contribution in [0.1, 0.15) is 29.8 Å². The summed E-state index contributed by atoms with van der Waals surface area (Å²) < 4.78 is 16.5. The van der Waals surface area contributed by atoms with Gasteiger partial charge in [0.2, 0.25) is 11.7 Å². The summed E-state index contributed by atoms with van der Waals surface area (Å²) >= 11 is 0. The van der Waals surface area contributed by atoms with E-state index in [2.05, 4.69) is 10.6 Å². The van der Waals surface area contributed by atoms with Crippen molar-refractivity contribution in [2.24, 2.45) is 0 Å². The number of rotatable bonds is 6. The number of amides is 2. The zero-order chi connectivity index (χ0) is 20.8. The zero-order valence-electron chi connectivity index (χ0n) is 16.7. The average molecular weight is 396 g/mol. The van der Waals surface area contributed by atoms with Crippen LogP contribution in [-0.2, 0) is 4.79 Å². The van der Waals surface area contributed by atoms with Crippen LogP contribution >= 0.6 is 0 Å². The monoisotopic (exact) mass is 396 g/mol. The molecule has 3 rings (SSSR count). The third-order valence-electron chi connectivity index (χ3n) is 4.11. The Kier molecular flexibility index (Phi) is 6.39. The molecule has 0 bridgehead atoms. The fourth-order valence-electron chi connectivity index (χ4n) is 2.80. The summed E-state index contributed by atoms with van der Waals surface area (Å²) in [6, 6.07) is 10.3. The van der Waals surface area contributed by atoms with E-state index >= 15 is 0 Å². The first-order valence-electron chi connectivity index (χ1n) is 9.34. The normalized spacial score (nSPS) is 12.7. The van der Waals surface area contributed by atoms with Gasteiger partial charge in [-0.1, -0.05) is 0 Å². The third kappa shape index (κ3) is 5.28. The van der Waals surface area contributed by atoms with Gasteiger partial charge in [0.05, 0.1) is 7.11 Å². The minimum Gasteiger partial charge on any atom is -0.493 e. The first-order chi connectivity index (χ1) is 14.0. The molecule has 0 unspecified atom stereocenters. The molecule has 152 valence electrons. The molecule has 1 heterocycles. The van der Waals surface area contributed by atoms with Gasteiger partial charge in [0.25, 0.3) is 5.91 Å². The van der Waals surface area contributed by atoms with Crippen molar-refractivity contribution >= 4 is 23.6 Å². The van der Waals surface area contributed by atoms with Crippen molar-refractivity contribution in [2.75, 3.05) is 25.6 Å². The SMILES string of the molecule is COc1cc(C=CC(=O)Nc2ccc(C(=O)NC(C)C)cc2)cc2c1OCCO2. The predicted molar refractivity (Wildman–Crippen MR) is 111 cm³/mol. The lowest BCUT2D eigenvalue weighted by Gasteiger charge is -2.20. The molecule has 0 saturated heterocycles. The van der Waals surface area contributed by atoms with Gasteiger partial charge in [0.15, 0.2) is 11.5 Å². The van der Waals surface area contributed by atoms with E-state index < -0.39 is 0 Å². The van der Waals surface area contributed by atoms with Crippen molar-refractivity contribution < 1.29 is 23.8 Å². The van der Waals surface area contributed by atoms with E-state index in [4.69, 9.17) is 14.2 Å². The molecule has 2 aromatic rings. The summed E-state index contributed by atoms with van der Waals surface area (Å²) in [5.41, 5.74) is 1.89. The lowest BCUT2D eigenvalue weighted by Crippen LogP contribution is -2.29. The van der Waals surface area contributed by atoms with E-state index in [9.17, 15) is 9.59 Å². The molecular weight excluding hydrogens is 372 g/mol. The molecule has 0 saturated carbocycles. The zero-order valence-corrected chi connectivity index (χ0v) is 16.7. The van der Waals surface area contributed by atoms with Crippen LogP contribution < -0.4 is 24.8 Å². The minimum atomic E-state index is -0.293. The van der Waals surface area contributed by atoms with Crippen molar-refractivity contribution in [1.29, 1.82) is 0 Å². The van der Waals surface area contributed by atoms with Crippen molar-refractivity contribution in [3.63, 3.8) is 0 Å². The Bertz CT molecular complexity index is 902. The second-order valence-electron chi connectivity index (χ2n) is 6.78. The molecule has 7 heteroatoms. The summed E-state index contributed by atoms with van der Waals surface area (Å²) in [6.07, 6.45) is 3.09. The number of carbonyl (C=O) groups is 2. The summed E-state index contributed by atoms with van der Waals surface area (Å²) in [4.78, 5) is 24.2. The second-order valence-corrected chi connectivity index (χ2v) is 6.78. The van der Waals surface area contributed by atoms with Gasteiger partial charge in [-0.15, -0.1) is 0 Å². The Hall–Kier alpha value is -3.48. The molecule has 7 nitrogen and oxygen atoms in total. The number of methoxy groups -OCH3 is 1. The number of hydrogen-bond acceptors (Lipinski definition) is 5. The quantitative estimate of drug-likeness (QED) is 0.732. The number of fused-ring (bicyclic) bond motifs is 1. The molecule has 0 aromatic heterocycles. The third-order valence-corrected chi connectivity index (χ3v) is 4.11. The molecule has 0 radical (unpaired) electrons. The van der Waals surface area contributed by atoms with E-state index in [1.807, 2.05) is 13.8 Å². The van der Waals surface area contributed by atoms with Crippen LogP contribution in [0.2, 0.25) is 0 Å². The Morgan fingerprint density at radius 3 is 2.52 bits per heavy atom. The van der Waals surface area contributed by atoms with Crippen molar-refractivity contribution in [1.82, 2.24) is 5.32 Å². The number of benzene rings is 2. The molecule has 29 heavy (non-hydrogen) atoms. The van der Waals surface area contributed by atoms with Crippen molar-refractivity contribution in [3.05, 3.63) is 53.6 Å². The summed E-state index contributed by atoms with van der Waals surface area (Å²) in [5.74, 6) is 1.27. The topological polar surface area (TPSA) is 85.9 Å². The number of carbonyl (C=O) groups excluding carboxylic acids is 2. The molecule has 0 fully saturated rings. The molecule has 2 aromatic carbocycles. The van der Waals surface area contributed by atoms with Crippen LogP contribution in [0.4, 0.5) is 5.69 Å². The Balaban J connectivity index is 1.65. The highest BCUT2D eigenvalue weighted by atomic mass is 16.6. The van der Waals surface area contributed by atoms with Crippen LogP contribution in [0.3, 0.4) is 0 Å². The van der Waals surface area contributed by atoms with Gasteiger partial charge < -0.3 is 24.8 Å². The van der Waals surface area contributed by atoms with Crippen LogP contribution in [0.25, 0.3) is 6.08 Å². The van der Waals surface area contributed by atoms with Gasteiger partial charge in [-0.05, 0) is 61.9 Å². The lowest BCUT2D eigenvalue weighted by molar-refractivity contribution is -0.111. The number of anilines is 1. The minimum absolute atomic E-state index is 0.0613. The largest absolute Gasteiger partial charge is 0.493 e. The van der Waals surface area contributed by atoms with Crippen LogP contribution in [0, 0.1) is 0 Å². The Labute approximate surface area is 169 Å². The van der Waals surface area contributed by atoms with Gasteiger partial charge >= 0.3 is 0 Å².